The molecule has 1 saturated heterocycles. The summed E-state index contributed by atoms with van der Waals surface area (Å²) in [6.07, 6.45) is 2.28. The van der Waals surface area contributed by atoms with Crippen molar-refractivity contribution in [3.63, 3.8) is 0 Å². The first-order valence-corrected chi connectivity index (χ1v) is 6.77. The van der Waals surface area contributed by atoms with Crippen molar-refractivity contribution in [3.05, 3.63) is 33.9 Å². The molecule has 2 rings (SSSR count). The minimum atomic E-state index is -0.299. The van der Waals surface area contributed by atoms with Crippen molar-refractivity contribution in [2.45, 2.75) is 19.8 Å². The normalized spacial score (nSPS) is 16.6. The maximum Gasteiger partial charge on any atom is 0.274 e. The number of hydrogen-bond donors (Lipinski definition) is 1. The zero-order valence-corrected chi connectivity index (χ0v) is 11.6. The number of nitro benzene ring substituents is 1. The van der Waals surface area contributed by atoms with Crippen molar-refractivity contribution < 1.29 is 4.92 Å². The standard InChI is InChI=1S/C14H21N3O2/c1-11-13(4-3-5-14(11)17(18)19)16-8-6-12(7-9-16)10-15-2/h3-5,12,15H,6-10H2,1-2H3. The first-order chi connectivity index (χ1) is 9.13. The van der Waals surface area contributed by atoms with Gasteiger partial charge >= 0.3 is 0 Å². The van der Waals surface area contributed by atoms with Crippen molar-refractivity contribution in [2.24, 2.45) is 5.92 Å². The molecule has 5 nitrogen and oxygen atoms in total. The van der Waals surface area contributed by atoms with Crippen LogP contribution in [0.5, 0.6) is 0 Å². The number of benzene rings is 1. The minimum Gasteiger partial charge on any atom is -0.371 e. The molecule has 0 amide bonds. The summed E-state index contributed by atoms with van der Waals surface area (Å²) in [6, 6.07) is 5.34. The van der Waals surface area contributed by atoms with E-state index in [4.69, 9.17) is 0 Å². The van der Waals surface area contributed by atoms with Crippen LogP contribution in [-0.4, -0.2) is 31.6 Å². The molecule has 1 fully saturated rings. The number of hydrogen-bond acceptors (Lipinski definition) is 4. The lowest BCUT2D eigenvalue weighted by molar-refractivity contribution is -0.385. The van der Waals surface area contributed by atoms with E-state index in [9.17, 15) is 10.1 Å². The van der Waals surface area contributed by atoms with Crippen molar-refractivity contribution >= 4 is 11.4 Å². The molecule has 1 aliphatic rings. The van der Waals surface area contributed by atoms with Crippen molar-refractivity contribution in [2.75, 3.05) is 31.6 Å². The molecule has 0 aromatic heterocycles. The molecule has 19 heavy (non-hydrogen) atoms. The molecule has 1 N–H and O–H groups in total. The molecule has 0 saturated carbocycles. The van der Waals surface area contributed by atoms with Gasteiger partial charge in [0, 0.05) is 24.8 Å². The van der Waals surface area contributed by atoms with Crippen LogP contribution >= 0.6 is 0 Å². The molecule has 0 atom stereocenters. The Morgan fingerprint density at radius 2 is 2.11 bits per heavy atom. The van der Waals surface area contributed by atoms with Crippen LogP contribution in [0.2, 0.25) is 0 Å². The molecular formula is C14H21N3O2. The van der Waals surface area contributed by atoms with Crippen LogP contribution in [0.25, 0.3) is 0 Å². The van der Waals surface area contributed by atoms with Crippen LogP contribution in [0, 0.1) is 23.0 Å². The minimum absolute atomic E-state index is 0.217. The van der Waals surface area contributed by atoms with Gasteiger partial charge in [0.2, 0.25) is 0 Å². The third-order valence-electron chi connectivity index (χ3n) is 3.92. The highest BCUT2D eigenvalue weighted by Crippen LogP contribution is 2.30. The summed E-state index contributed by atoms with van der Waals surface area (Å²) in [6.45, 7) is 4.86. The molecule has 104 valence electrons. The summed E-state index contributed by atoms with van der Waals surface area (Å²) < 4.78 is 0. The monoisotopic (exact) mass is 263 g/mol. The van der Waals surface area contributed by atoms with Gasteiger partial charge in [-0.15, -0.1) is 0 Å². The molecule has 0 aliphatic carbocycles. The van der Waals surface area contributed by atoms with E-state index in [1.807, 2.05) is 20.0 Å². The highest BCUT2D eigenvalue weighted by molar-refractivity contribution is 5.61. The number of nitrogens with zero attached hydrogens (tertiary/aromatic N) is 2. The van der Waals surface area contributed by atoms with Crippen LogP contribution < -0.4 is 10.2 Å². The third kappa shape index (κ3) is 3.04. The molecular weight excluding hydrogens is 242 g/mol. The SMILES string of the molecule is CNCC1CCN(c2cccc([N+](=O)[O-])c2C)CC1. The smallest absolute Gasteiger partial charge is 0.274 e. The number of rotatable bonds is 4. The maximum atomic E-state index is 11.0. The Bertz CT molecular complexity index is 454. The average molecular weight is 263 g/mol. The van der Waals surface area contributed by atoms with Crippen LogP contribution in [0.3, 0.4) is 0 Å². The fourth-order valence-corrected chi connectivity index (χ4v) is 2.82. The molecule has 1 aromatic carbocycles. The number of anilines is 1. The summed E-state index contributed by atoms with van der Waals surface area (Å²) in [5, 5.41) is 14.2. The van der Waals surface area contributed by atoms with Gasteiger partial charge in [0.15, 0.2) is 0 Å². The molecule has 0 spiro atoms. The first kappa shape index (κ1) is 13.8. The Kier molecular flexibility index (Phi) is 4.37. The second-order valence-electron chi connectivity index (χ2n) is 5.17. The second kappa shape index (κ2) is 6.02. The highest BCUT2D eigenvalue weighted by Gasteiger charge is 2.22. The van der Waals surface area contributed by atoms with Gasteiger partial charge in [-0.25, -0.2) is 0 Å². The molecule has 5 heteroatoms. The lowest BCUT2D eigenvalue weighted by Crippen LogP contribution is -2.37. The van der Waals surface area contributed by atoms with Gasteiger partial charge in [-0.05, 0) is 45.3 Å². The molecule has 0 radical (unpaired) electrons. The van der Waals surface area contributed by atoms with E-state index in [-0.39, 0.29) is 10.6 Å². The van der Waals surface area contributed by atoms with Crippen LogP contribution in [0.1, 0.15) is 18.4 Å². The average Bonchev–Trinajstić information content (AvgIpc) is 2.40. The first-order valence-electron chi connectivity index (χ1n) is 6.77. The van der Waals surface area contributed by atoms with E-state index in [1.54, 1.807) is 12.1 Å². The number of piperidine rings is 1. The quantitative estimate of drug-likeness (QED) is 0.669. The predicted molar refractivity (Wildman–Crippen MR) is 76.7 cm³/mol. The van der Waals surface area contributed by atoms with Gasteiger partial charge in [0.1, 0.15) is 0 Å². The van der Waals surface area contributed by atoms with Crippen LogP contribution in [0.4, 0.5) is 11.4 Å². The van der Waals surface area contributed by atoms with Crippen LogP contribution in [-0.2, 0) is 0 Å². The summed E-state index contributed by atoms with van der Waals surface area (Å²) in [4.78, 5) is 12.9. The van der Waals surface area contributed by atoms with Crippen molar-refractivity contribution in [1.29, 1.82) is 0 Å². The Labute approximate surface area is 113 Å². The summed E-state index contributed by atoms with van der Waals surface area (Å²) in [5.41, 5.74) is 2.01. The Hall–Kier alpha value is -1.62. The van der Waals surface area contributed by atoms with E-state index < -0.39 is 0 Å². The fraction of sp³-hybridized carbons (Fsp3) is 0.571. The van der Waals surface area contributed by atoms with Gasteiger partial charge in [-0.3, -0.25) is 10.1 Å². The fourth-order valence-electron chi connectivity index (χ4n) is 2.82. The molecule has 1 heterocycles. The summed E-state index contributed by atoms with van der Waals surface area (Å²) >= 11 is 0. The van der Waals surface area contributed by atoms with Gasteiger partial charge in [-0.1, -0.05) is 6.07 Å². The van der Waals surface area contributed by atoms with E-state index >= 15 is 0 Å². The van der Waals surface area contributed by atoms with E-state index in [2.05, 4.69) is 10.2 Å². The number of nitrogens with one attached hydrogen (secondary N) is 1. The lowest BCUT2D eigenvalue weighted by Gasteiger charge is -2.34. The maximum absolute atomic E-state index is 11.0. The summed E-state index contributed by atoms with van der Waals surface area (Å²) in [5.74, 6) is 0.722. The zero-order chi connectivity index (χ0) is 13.8. The Morgan fingerprint density at radius 3 is 2.68 bits per heavy atom. The van der Waals surface area contributed by atoms with Crippen molar-refractivity contribution in [3.8, 4) is 0 Å². The van der Waals surface area contributed by atoms with Gasteiger partial charge in [0.05, 0.1) is 10.5 Å². The van der Waals surface area contributed by atoms with E-state index in [0.717, 1.165) is 49.6 Å². The Balaban J connectivity index is 2.11. The topological polar surface area (TPSA) is 58.4 Å². The third-order valence-corrected chi connectivity index (χ3v) is 3.92. The van der Waals surface area contributed by atoms with E-state index in [1.165, 1.54) is 0 Å². The lowest BCUT2D eigenvalue weighted by atomic mass is 9.96. The van der Waals surface area contributed by atoms with Gasteiger partial charge < -0.3 is 10.2 Å². The van der Waals surface area contributed by atoms with Gasteiger partial charge in [-0.2, -0.15) is 0 Å². The van der Waals surface area contributed by atoms with Gasteiger partial charge in [0.25, 0.3) is 5.69 Å². The predicted octanol–water partition coefficient (Wildman–Crippen LogP) is 2.34. The molecule has 0 unspecified atom stereocenters. The molecule has 1 aromatic rings. The van der Waals surface area contributed by atoms with Crippen molar-refractivity contribution in [1.82, 2.24) is 5.32 Å². The second-order valence-corrected chi connectivity index (χ2v) is 5.17. The zero-order valence-electron chi connectivity index (χ0n) is 11.6. The number of nitro groups is 1. The summed E-state index contributed by atoms with van der Waals surface area (Å²) in [7, 11) is 1.98. The highest BCUT2D eigenvalue weighted by atomic mass is 16.6. The Morgan fingerprint density at radius 1 is 1.42 bits per heavy atom. The molecule has 1 aliphatic heterocycles. The largest absolute Gasteiger partial charge is 0.371 e. The molecule has 0 bridgehead atoms. The van der Waals surface area contributed by atoms with Crippen LogP contribution in [0.15, 0.2) is 18.2 Å². The van der Waals surface area contributed by atoms with E-state index in [0.29, 0.717) is 0 Å².